The van der Waals surface area contributed by atoms with Crippen molar-refractivity contribution < 1.29 is 9.53 Å². The Kier molecular flexibility index (Phi) is 7.43. The van der Waals surface area contributed by atoms with Crippen LogP contribution >= 0.6 is 23.7 Å². The lowest BCUT2D eigenvalue weighted by Crippen LogP contribution is -2.40. The topological polar surface area (TPSA) is 77.2 Å². The van der Waals surface area contributed by atoms with E-state index in [2.05, 4.69) is 17.2 Å². The van der Waals surface area contributed by atoms with Gasteiger partial charge < -0.3 is 15.8 Å². The van der Waals surface area contributed by atoms with E-state index < -0.39 is 0 Å². The number of nitrogens with one attached hydrogen (secondary N) is 1. The molecule has 3 N–H and O–H groups in total. The van der Waals surface area contributed by atoms with Crippen LogP contribution in [-0.4, -0.2) is 36.7 Å². The van der Waals surface area contributed by atoms with E-state index in [1.165, 1.54) is 11.3 Å². The molecule has 1 amide bonds. The number of aromatic nitrogens is 1. The lowest BCUT2D eigenvalue weighted by molar-refractivity contribution is 0.0537. The molecule has 7 heteroatoms. The normalized spacial score (nSPS) is 17.3. The van der Waals surface area contributed by atoms with Crippen LogP contribution in [0.2, 0.25) is 0 Å². The highest BCUT2D eigenvalue weighted by Crippen LogP contribution is 2.19. The number of hydrogen-bond donors (Lipinski definition) is 2. The summed E-state index contributed by atoms with van der Waals surface area (Å²) in [6.07, 6.45) is 2.75. The standard InChI is InChI=1S/C13H21N3O2S.ClH/c1-9(10-3-6-18-7-4-10)15-13(17)11-8-19-12(16-11)2-5-14;/h8-10H,2-7,14H2,1H3,(H,15,17);1H. The van der Waals surface area contributed by atoms with Gasteiger partial charge in [0.2, 0.25) is 0 Å². The molecule has 1 unspecified atom stereocenters. The van der Waals surface area contributed by atoms with Gasteiger partial charge in [-0.15, -0.1) is 23.7 Å². The van der Waals surface area contributed by atoms with E-state index in [0.29, 0.717) is 18.2 Å². The van der Waals surface area contributed by atoms with Crippen molar-refractivity contribution in [3.8, 4) is 0 Å². The number of amides is 1. The molecule has 1 aromatic rings. The average Bonchev–Trinajstić information content (AvgIpc) is 2.89. The minimum absolute atomic E-state index is 0. The molecule has 1 fully saturated rings. The van der Waals surface area contributed by atoms with Crippen LogP contribution < -0.4 is 11.1 Å². The lowest BCUT2D eigenvalue weighted by Gasteiger charge is -2.28. The fourth-order valence-electron chi connectivity index (χ4n) is 2.27. The number of carbonyl (C=O) groups is 1. The Labute approximate surface area is 129 Å². The van der Waals surface area contributed by atoms with E-state index in [4.69, 9.17) is 10.5 Å². The molecular weight excluding hydrogens is 298 g/mol. The highest BCUT2D eigenvalue weighted by molar-refractivity contribution is 7.09. The summed E-state index contributed by atoms with van der Waals surface area (Å²) < 4.78 is 5.33. The number of thiazole rings is 1. The van der Waals surface area contributed by atoms with Crippen molar-refractivity contribution in [2.75, 3.05) is 19.8 Å². The Morgan fingerprint density at radius 1 is 1.60 bits per heavy atom. The predicted octanol–water partition coefficient (Wildman–Crippen LogP) is 1.61. The maximum atomic E-state index is 12.1. The number of nitrogens with two attached hydrogens (primary N) is 1. The summed E-state index contributed by atoms with van der Waals surface area (Å²) in [6, 6.07) is 0.163. The van der Waals surface area contributed by atoms with Crippen LogP contribution in [-0.2, 0) is 11.2 Å². The van der Waals surface area contributed by atoms with Crippen molar-refractivity contribution in [3.05, 3.63) is 16.1 Å². The van der Waals surface area contributed by atoms with Crippen LogP contribution in [0.15, 0.2) is 5.38 Å². The molecule has 0 radical (unpaired) electrons. The zero-order chi connectivity index (χ0) is 13.7. The van der Waals surface area contributed by atoms with Gasteiger partial charge in [0.15, 0.2) is 0 Å². The van der Waals surface area contributed by atoms with Crippen LogP contribution in [0.3, 0.4) is 0 Å². The Balaban J connectivity index is 0.00000200. The van der Waals surface area contributed by atoms with Gasteiger partial charge in [0, 0.05) is 31.1 Å². The van der Waals surface area contributed by atoms with Crippen LogP contribution in [0.1, 0.15) is 35.3 Å². The smallest absolute Gasteiger partial charge is 0.270 e. The molecule has 0 saturated carbocycles. The van der Waals surface area contributed by atoms with Gasteiger partial charge in [-0.25, -0.2) is 4.98 Å². The molecular formula is C13H22ClN3O2S. The van der Waals surface area contributed by atoms with Crippen molar-refractivity contribution in [2.24, 2.45) is 11.7 Å². The van der Waals surface area contributed by atoms with Crippen molar-refractivity contribution in [1.29, 1.82) is 0 Å². The number of halogens is 1. The maximum absolute atomic E-state index is 12.1. The summed E-state index contributed by atoms with van der Waals surface area (Å²) in [6.45, 7) is 4.21. The molecule has 0 aliphatic carbocycles. The molecule has 1 atom stereocenters. The quantitative estimate of drug-likeness (QED) is 0.864. The second-order valence-corrected chi connectivity index (χ2v) is 5.82. The van der Waals surface area contributed by atoms with E-state index in [1.807, 2.05) is 0 Å². The van der Waals surface area contributed by atoms with E-state index in [9.17, 15) is 4.79 Å². The molecule has 114 valence electrons. The Bertz CT molecular complexity index is 422. The minimum atomic E-state index is -0.0847. The molecule has 2 heterocycles. The number of carbonyl (C=O) groups excluding carboxylic acids is 1. The second-order valence-electron chi connectivity index (χ2n) is 4.88. The summed E-state index contributed by atoms with van der Waals surface area (Å²) in [5.74, 6) is 0.415. The van der Waals surface area contributed by atoms with Gasteiger partial charge >= 0.3 is 0 Å². The van der Waals surface area contributed by atoms with Crippen LogP contribution in [0.5, 0.6) is 0 Å². The van der Waals surface area contributed by atoms with Gasteiger partial charge in [-0.1, -0.05) is 0 Å². The first-order chi connectivity index (χ1) is 9.20. The molecule has 0 spiro atoms. The Morgan fingerprint density at radius 2 is 2.30 bits per heavy atom. The van der Waals surface area contributed by atoms with E-state index in [0.717, 1.165) is 37.5 Å². The number of rotatable bonds is 5. The van der Waals surface area contributed by atoms with Crippen molar-refractivity contribution in [3.63, 3.8) is 0 Å². The molecule has 20 heavy (non-hydrogen) atoms. The van der Waals surface area contributed by atoms with Crippen molar-refractivity contribution in [2.45, 2.75) is 32.2 Å². The van der Waals surface area contributed by atoms with E-state index in [1.54, 1.807) is 5.38 Å². The largest absolute Gasteiger partial charge is 0.381 e. The molecule has 1 aliphatic heterocycles. The summed E-state index contributed by atoms with van der Waals surface area (Å²) in [5.41, 5.74) is 5.99. The van der Waals surface area contributed by atoms with Gasteiger partial charge in [-0.3, -0.25) is 4.79 Å². The zero-order valence-corrected chi connectivity index (χ0v) is 13.3. The minimum Gasteiger partial charge on any atom is -0.381 e. The van der Waals surface area contributed by atoms with Gasteiger partial charge in [-0.2, -0.15) is 0 Å². The van der Waals surface area contributed by atoms with E-state index >= 15 is 0 Å². The molecule has 0 bridgehead atoms. The summed E-state index contributed by atoms with van der Waals surface area (Å²) in [7, 11) is 0. The van der Waals surface area contributed by atoms with Crippen molar-refractivity contribution >= 4 is 29.7 Å². The fourth-order valence-corrected chi connectivity index (χ4v) is 3.06. The molecule has 2 rings (SSSR count). The SMILES string of the molecule is CC(NC(=O)c1csc(CCN)n1)C1CCOCC1.Cl. The average molecular weight is 320 g/mol. The van der Waals surface area contributed by atoms with Crippen molar-refractivity contribution in [1.82, 2.24) is 10.3 Å². The first-order valence-corrected chi connectivity index (χ1v) is 7.61. The molecule has 1 aliphatic rings. The number of nitrogens with zero attached hydrogens (tertiary/aromatic N) is 1. The summed E-state index contributed by atoms with van der Waals surface area (Å²) in [4.78, 5) is 16.4. The molecule has 0 aromatic carbocycles. The molecule has 5 nitrogen and oxygen atoms in total. The monoisotopic (exact) mass is 319 g/mol. The summed E-state index contributed by atoms with van der Waals surface area (Å²) >= 11 is 1.49. The fraction of sp³-hybridized carbons (Fsp3) is 0.692. The van der Waals surface area contributed by atoms with E-state index in [-0.39, 0.29) is 24.4 Å². The van der Waals surface area contributed by atoms with Crippen LogP contribution in [0.4, 0.5) is 0 Å². The third-order valence-corrected chi connectivity index (χ3v) is 4.38. The number of hydrogen-bond acceptors (Lipinski definition) is 5. The molecule has 1 aromatic heterocycles. The maximum Gasteiger partial charge on any atom is 0.270 e. The third kappa shape index (κ3) is 4.70. The first-order valence-electron chi connectivity index (χ1n) is 6.73. The highest BCUT2D eigenvalue weighted by atomic mass is 35.5. The Hall–Kier alpha value is -0.690. The van der Waals surface area contributed by atoms with Crippen LogP contribution in [0, 0.1) is 5.92 Å². The van der Waals surface area contributed by atoms with Gasteiger partial charge in [0.05, 0.1) is 5.01 Å². The van der Waals surface area contributed by atoms with Gasteiger partial charge in [-0.05, 0) is 32.2 Å². The van der Waals surface area contributed by atoms with Gasteiger partial charge in [0.1, 0.15) is 5.69 Å². The van der Waals surface area contributed by atoms with Gasteiger partial charge in [0.25, 0.3) is 5.91 Å². The Morgan fingerprint density at radius 3 is 2.95 bits per heavy atom. The molecule has 1 saturated heterocycles. The third-order valence-electron chi connectivity index (χ3n) is 3.47. The summed E-state index contributed by atoms with van der Waals surface area (Å²) in [5, 5.41) is 5.76. The second kappa shape index (κ2) is 8.56. The number of ether oxygens (including phenoxy) is 1. The zero-order valence-electron chi connectivity index (χ0n) is 11.6. The lowest BCUT2D eigenvalue weighted by atomic mass is 9.93. The highest BCUT2D eigenvalue weighted by Gasteiger charge is 2.23. The first kappa shape index (κ1) is 17.4. The predicted molar refractivity (Wildman–Crippen MR) is 82.6 cm³/mol. The van der Waals surface area contributed by atoms with Crippen LogP contribution in [0.25, 0.3) is 0 Å².